The van der Waals surface area contributed by atoms with Crippen LogP contribution < -0.4 is 14.5 Å². The first-order chi connectivity index (χ1) is 10.7. The summed E-state index contributed by atoms with van der Waals surface area (Å²) >= 11 is 0. The lowest BCUT2D eigenvalue weighted by Crippen LogP contribution is -2.46. The van der Waals surface area contributed by atoms with Crippen molar-refractivity contribution in [3.8, 4) is 11.5 Å². The number of ether oxygens (including phenoxy) is 1. The first kappa shape index (κ1) is 14.5. The standard InChI is InChI=1S/C17H19FN2O2/c1-22-17-5-3-2-4-15(17)20-10-8-19(9-11-20)14-7-6-13(18)12-16(14)21/h2-7,12,21H,8-11H2,1H3. The monoisotopic (exact) mass is 302 g/mol. The highest BCUT2D eigenvalue weighted by molar-refractivity contribution is 5.62. The third-order valence-corrected chi connectivity index (χ3v) is 3.98. The molecule has 0 aromatic heterocycles. The zero-order valence-corrected chi connectivity index (χ0v) is 12.5. The maximum atomic E-state index is 13.1. The van der Waals surface area contributed by atoms with Crippen LogP contribution in [-0.2, 0) is 0 Å². The predicted octanol–water partition coefficient (Wildman–Crippen LogP) is 2.87. The second kappa shape index (κ2) is 6.13. The highest BCUT2D eigenvalue weighted by atomic mass is 19.1. The van der Waals surface area contributed by atoms with Gasteiger partial charge in [-0.2, -0.15) is 0 Å². The van der Waals surface area contributed by atoms with Crippen molar-refractivity contribution in [3.63, 3.8) is 0 Å². The number of hydrogen-bond donors (Lipinski definition) is 1. The molecule has 1 fully saturated rings. The van der Waals surface area contributed by atoms with E-state index in [1.165, 1.54) is 6.07 Å². The molecule has 0 spiro atoms. The molecule has 22 heavy (non-hydrogen) atoms. The Morgan fingerprint density at radius 3 is 2.23 bits per heavy atom. The lowest BCUT2D eigenvalue weighted by Gasteiger charge is -2.38. The lowest BCUT2D eigenvalue weighted by molar-refractivity contribution is 0.413. The van der Waals surface area contributed by atoms with E-state index < -0.39 is 5.82 Å². The Bertz CT molecular complexity index is 655. The summed E-state index contributed by atoms with van der Waals surface area (Å²) in [5, 5.41) is 9.89. The average molecular weight is 302 g/mol. The quantitative estimate of drug-likeness (QED) is 0.946. The van der Waals surface area contributed by atoms with E-state index in [1.807, 2.05) is 24.3 Å². The Morgan fingerprint density at radius 2 is 1.59 bits per heavy atom. The van der Waals surface area contributed by atoms with Crippen LogP contribution in [0.1, 0.15) is 0 Å². The first-order valence-electron chi connectivity index (χ1n) is 7.30. The summed E-state index contributed by atoms with van der Waals surface area (Å²) in [7, 11) is 1.67. The molecule has 0 bridgehead atoms. The Balaban J connectivity index is 1.72. The number of benzene rings is 2. The number of phenolic OH excluding ortho intramolecular Hbond substituents is 1. The third-order valence-electron chi connectivity index (χ3n) is 3.98. The van der Waals surface area contributed by atoms with Crippen molar-refractivity contribution in [1.29, 1.82) is 0 Å². The summed E-state index contributed by atoms with van der Waals surface area (Å²) in [6.07, 6.45) is 0. The van der Waals surface area contributed by atoms with E-state index in [0.29, 0.717) is 5.69 Å². The minimum absolute atomic E-state index is 0.00857. The van der Waals surface area contributed by atoms with Gasteiger partial charge < -0.3 is 19.6 Å². The molecule has 0 atom stereocenters. The van der Waals surface area contributed by atoms with Crippen LogP contribution in [0.4, 0.5) is 15.8 Å². The summed E-state index contributed by atoms with van der Waals surface area (Å²) in [4.78, 5) is 4.33. The number of hydrogen-bond acceptors (Lipinski definition) is 4. The van der Waals surface area contributed by atoms with Crippen LogP contribution in [0.5, 0.6) is 11.5 Å². The van der Waals surface area contributed by atoms with Gasteiger partial charge in [0.15, 0.2) is 0 Å². The van der Waals surface area contributed by atoms with Gasteiger partial charge >= 0.3 is 0 Å². The van der Waals surface area contributed by atoms with E-state index >= 15 is 0 Å². The van der Waals surface area contributed by atoms with Gasteiger partial charge in [-0.15, -0.1) is 0 Å². The molecule has 1 heterocycles. The van der Waals surface area contributed by atoms with Crippen LogP contribution in [0.15, 0.2) is 42.5 Å². The van der Waals surface area contributed by atoms with Gasteiger partial charge in [0, 0.05) is 32.2 Å². The number of nitrogens with zero attached hydrogens (tertiary/aromatic N) is 2. The van der Waals surface area contributed by atoms with Crippen LogP contribution >= 0.6 is 0 Å². The van der Waals surface area contributed by atoms with Gasteiger partial charge in [0.25, 0.3) is 0 Å². The van der Waals surface area contributed by atoms with Gasteiger partial charge in [0.1, 0.15) is 17.3 Å². The summed E-state index contributed by atoms with van der Waals surface area (Å²) in [5.74, 6) is 0.431. The SMILES string of the molecule is COc1ccccc1N1CCN(c2ccc(F)cc2O)CC1. The maximum absolute atomic E-state index is 13.1. The van der Waals surface area contributed by atoms with E-state index in [4.69, 9.17) is 4.74 Å². The van der Waals surface area contributed by atoms with Gasteiger partial charge in [-0.3, -0.25) is 0 Å². The van der Waals surface area contributed by atoms with Crippen molar-refractivity contribution >= 4 is 11.4 Å². The lowest BCUT2D eigenvalue weighted by atomic mass is 10.2. The Hall–Kier alpha value is -2.43. The Morgan fingerprint density at radius 1 is 0.955 bits per heavy atom. The highest BCUT2D eigenvalue weighted by Gasteiger charge is 2.21. The first-order valence-corrected chi connectivity index (χ1v) is 7.30. The van der Waals surface area contributed by atoms with Crippen molar-refractivity contribution < 1.29 is 14.2 Å². The molecule has 1 aliphatic rings. The number of halogens is 1. The van der Waals surface area contributed by atoms with Gasteiger partial charge in [0.2, 0.25) is 0 Å². The van der Waals surface area contributed by atoms with E-state index in [0.717, 1.165) is 43.7 Å². The van der Waals surface area contributed by atoms with Crippen molar-refractivity contribution in [3.05, 3.63) is 48.3 Å². The fourth-order valence-corrected chi connectivity index (χ4v) is 2.84. The van der Waals surface area contributed by atoms with Crippen molar-refractivity contribution in [2.75, 3.05) is 43.1 Å². The summed E-state index contributed by atoms with van der Waals surface area (Å²) in [6.45, 7) is 3.16. The molecular formula is C17H19FN2O2. The molecule has 0 radical (unpaired) electrons. The van der Waals surface area contributed by atoms with Gasteiger partial charge in [-0.05, 0) is 24.3 Å². The minimum Gasteiger partial charge on any atom is -0.506 e. The van der Waals surface area contributed by atoms with Crippen LogP contribution in [-0.4, -0.2) is 38.4 Å². The van der Waals surface area contributed by atoms with Crippen LogP contribution in [0.25, 0.3) is 0 Å². The average Bonchev–Trinajstić information content (AvgIpc) is 2.55. The molecule has 1 aliphatic heterocycles. The fraction of sp³-hybridized carbons (Fsp3) is 0.294. The maximum Gasteiger partial charge on any atom is 0.142 e. The Labute approximate surface area is 129 Å². The molecule has 0 aliphatic carbocycles. The number of piperazine rings is 1. The fourth-order valence-electron chi connectivity index (χ4n) is 2.84. The van der Waals surface area contributed by atoms with Gasteiger partial charge in [0.05, 0.1) is 18.5 Å². The summed E-state index contributed by atoms with van der Waals surface area (Å²) in [6, 6.07) is 12.1. The van der Waals surface area contributed by atoms with E-state index in [-0.39, 0.29) is 5.75 Å². The number of phenols is 1. The molecular weight excluding hydrogens is 283 g/mol. The molecule has 0 unspecified atom stereocenters. The minimum atomic E-state index is -0.422. The second-order valence-electron chi connectivity index (χ2n) is 5.28. The van der Waals surface area contributed by atoms with Crippen LogP contribution in [0.3, 0.4) is 0 Å². The summed E-state index contributed by atoms with van der Waals surface area (Å²) < 4.78 is 18.5. The van der Waals surface area contributed by atoms with E-state index in [2.05, 4.69) is 9.80 Å². The molecule has 1 N–H and O–H groups in total. The molecule has 1 saturated heterocycles. The van der Waals surface area contributed by atoms with Crippen molar-refractivity contribution in [2.45, 2.75) is 0 Å². The molecule has 2 aromatic carbocycles. The summed E-state index contributed by atoms with van der Waals surface area (Å²) in [5.41, 5.74) is 1.76. The number of rotatable bonds is 3. The molecule has 4 nitrogen and oxygen atoms in total. The molecule has 0 saturated carbocycles. The van der Waals surface area contributed by atoms with Gasteiger partial charge in [-0.1, -0.05) is 12.1 Å². The van der Waals surface area contributed by atoms with Gasteiger partial charge in [-0.25, -0.2) is 4.39 Å². The van der Waals surface area contributed by atoms with Crippen LogP contribution in [0.2, 0.25) is 0 Å². The molecule has 0 amide bonds. The Kier molecular flexibility index (Phi) is 4.04. The molecule has 116 valence electrons. The van der Waals surface area contributed by atoms with Crippen molar-refractivity contribution in [2.24, 2.45) is 0 Å². The zero-order chi connectivity index (χ0) is 15.5. The number of para-hydroxylation sites is 2. The normalized spacial score (nSPS) is 15.0. The number of methoxy groups -OCH3 is 1. The van der Waals surface area contributed by atoms with E-state index in [1.54, 1.807) is 13.2 Å². The molecule has 2 aromatic rings. The van der Waals surface area contributed by atoms with Crippen molar-refractivity contribution in [1.82, 2.24) is 0 Å². The number of anilines is 2. The second-order valence-corrected chi connectivity index (χ2v) is 5.28. The topological polar surface area (TPSA) is 35.9 Å². The molecule has 5 heteroatoms. The predicted molar refractivity (Wildman–Crippen MR) is 85.5 cm³/mol. The third kappa shape index (κ3) is 2.79. The van der Waals surface area contributed by atoms with E-state index in [9.17, 15) is 9.50 Å². The largest absolute Gasteiger partial charge is 0.506 e. The van der Waals surface area contributed by atoms with Crippen LogP contribution in [0, 0.1) is 5.82 Å². The number of aromatic hydroxyl groups is 1. The zero-order valence-electron chi connectivity index (χ0n) is 12.5. The highest BCUT2D eigenvalue weighted by Crippen LogP contribution is 2.32. The smallest absolute Gasteiger partial charge is 0.142 e. The molecule has 3 rings (SSSR count).